The van der Waals surface area contributed by atoms with Gasteiger partial charge in [0, 0.05) is 54.1 Å². The van der Waals surface area contributed by atoms with E-state index in [9.17, 15) is 51.7 Å². The third kappa shape index (κ3) is 22.5. The Morgan fingerprint density at radius 3 is 1.26 bits per heavy atom. The van der Waals surface area contributed by atoms with Gasteiger partial charge in [-0.15, -0.1) is 0 Å². The number of nitrogens with zero attached hydrogens (tertiary/aromatic N) is 4. The standard InChI is InChI=1S/C20H27Cl3F2N2O5.C19H23Cl3F2N2O4.IO4.Na/c1-18(2,3)32-17(31)27(5)19(9-13(29)10-28,11-26(4)16(30)20(23,24)25)12-6-7-14(21)15(22)8-12;1-17(2,3)30-16(29)26(5)18(8-9-27,11-25(4)15(28)19(22,23)24)12-6-7-13(20)14(21)10-12;2-1(3,4)5;/h6-8,13,28-29H,9-11H2,1-5H3;6-7,9-10H,8,11H2,1-5H3;;/q;;-1;+1. The van der Waals surface area contributed by atoms with Crippen LogP contribution in [0, 0.1) is 0 Å². The fourth-order valence-corrected chi connectivity index (χ4v) is 6.84. The molecule has 4 amide bonds. The summed E-state index contributed by atoms with van der Waals surface area (Å²) < 4.78 is 99.1. The van der Waals surface area contributed by atoms with Gasteiger partial charge in [-0.25, -0.2) is 9.59 Å². The molecule has 3 atom stereocenters. The van der Waals surface area contributed by atoms with Crippen LogP contribution in [0.2, 0.25) is 20.1 Å². The number of hydrogen-bond donors (Lipinski definition) is 2. The molecule has 2 aromatic rings. The van der Waals surface area contributed by atoms with E-state index in [1.807, 2.05) is 0 Å². The van der Waals surface area contributed by atoms with E-state index in [0.29, 0.717) is 16.1 Å². The summed E-state index contributed by atoms with van der Waals surface area (Å²) in [6, 6.07) is 8.57. The van der Waals surface area contributed by atoms with Crippen molar-refractivity contribution in [1.82, 2.24) is 19.6 Å². The monoisotopic (exact) mass is 1220 g/mol. The molecular weight excluding hydrogens is 1170 g/mol. The molecule has 0 radical (unpaired) electrons. The third-order valence-corrected chi connectivity index (χ3v) is 10.7. The Labute approximate surface area is 449 Å². The Kier molecular flexibility index (Phi) is 27.8. The predicted molar refractivity (Wildman–Crippen MR) is 230 cm³/mol. The van der Waals surface area contributed by atoms with Crippen LogP contribution in [0.3, 0.4) is 0 Å². The molecule has 0 aliphatic carbocycles. The largest absolute Gasteiger partial charge is 1.00 e. The summed E-state index contributed by atoms with van der Waals surface area (Å²) >= 11 is 28.1. The Hall–Kier alpha value is -1.46. The summed E-state index contributed by atoms with van der Waals surface area (Å²) in [6.45, 7) is 8.08. The number of benzene rings is 2. The number of alkyl halides is 6. The Balaban J connectivity index is 0. The van der Waals surface area contributed by atoms with E-state index in [4.69, 9.17) is 92.8 Å². The Morgan fingerprint density at radius 2 is 0.985 bits per heavy atom. The van der Waals surface area contributed by atoms with E-state index in [2.05, 4.69) is 0 Å². The number of hydrogen-bond acceptors (Lipinski definition) is 13. The minimum absolute atomic E-state index is 0. The zero-order valence-electron chi connectivity index (χ0n) is 38.5. The maximum absolute atomic E-state index is 13.5. The first-order valence-corrected chi connectivity index (χ1v) is 24.6. The van der Waals surface area contributed by atoms with E-state index in [1.54, 1.807) is 41.5 Å². The summed E-state index contributed by atoms with van der Waals surface area (Å²) in [6.07, 6.45) is -3.31. The first-order valence-electron chi connectivity index (χ1n) is 18.8. The smallest absolute Gasteiger partial charge is 0.444 e. The number of ether oxygens (including phenoxy) is 2. The van der Waals surface area contributed by atoms with Gasteiger partial charge in [-0.2, -0.15) is 17.6 Å². The Bertz CT molecular complexity index is 2030. The molecule has 2 aromatic carbocycles. The molecule has 0 heterocycles. The van der Waals surface area contributed by atoms with Gasteiger partial charge in [0.1, 0.15) is 37.6 Å². The van der Waals surface area contributed by atoms with Crippen molar-refractivity contribution in [2.75, 3.05) is 47.9 Å². The maximum Gasteiger partial charge on any atom is 1.00 e. The average molecular weight is 1220 g/mol. The SMILES string of the molecule is CN(CC(CC(O)CO)(c1ccc(Cl)c(Cl)c1)N(C)C(=O)OC(C)(C)C)C(=O)C(F)(F)Cl.CN(CC(CC=O)(c1ccc(Cl)c(Cl)c1)N(C)C(=O)OC(C)(C)C)C(=O)C(F)(F)Cl.[Na+].[O-][I+3]([O-])([O-])[O-]. The summed E-state index contributed by atoms with van der Waals surface area (Å²) in [5.74, 6) is -3.42. The number of aldehydes is 1. The molecular formula is C39H50Cl6F4IN4NaO13. The molecule has 0 saturated heterocycles. The van der Waals surface area contributed by atoms with Crippen LogP contribution in [0.1, 0.15) is 65.5 Å². The number of carbonyl (C=O) groups excluding carboxylic acids is 5. The van der Waals surface area contributed by atoms with Gasteiger partial charge in [-0.05, 0) is 100 Å². The molecule has 382 valence electrons. The maximum atomic E-state index is 13.5. The molecule has 0 aliphatic rings. The molecule has 2 N–H and O–H groups in total. The van der Waals surface area contributed by atoms with Crippen LogP contribution in [-0.4, -0.2) is 136 Å². The molecule has 2 rings (SSSR count). The van der Waals surface area contributed by atoms with Crippen LogP contribution < -0.4 is 63.4 Å². The fourth-order valence-electron chi connectivity index (χ4n) is 5.96. The van der Waals surface area contributed by atoms with Crippen molar-refractivity contribution in [3.63, 3.8) is 0 Å². The average Bonchev–Trinajstić information content (AvgIpc) is 3.15. The van der Waals surface area contributed by atoms with Crippen molar-refractivity contribution in [2.45, 2.75) is 93.5 Å². The van der Waals surface area contributed by atoms with Crippen LogP contribution in [-0.2, 0) is 34.9 Å². The van der Waals surface area contributed by atoms with Gasteiger partial charge >= 0.3 is 64.3 Å². The van der Waals surface area contributed by atoms with E-state index < -0.39 is 103 Å². The van der Waals surface area contributed by atoms with Crippen molar-refractivity contribution in [3.05, 3.63) is 67.6 Å². The molecule has 0 saturated carbocycles. The number of carbonyl (C=O) groups is 5. The molecule has 17 nitrogen and oxygen atoms in total. The van der Waals surface area contributed by atoms with Crippen LogP contribution >= 0.6 is 69.6 Å². The third-order valence-electron chi connectivity index (χ3n) is 8.91. The first kappa shape index (κ1) is 68.6. The van der Waals surface area contributed by atoms with Gasteiger partial charge in [0.25, 0.3) is 0 Å². The van der Waals surface area contributed by atoms with Crippen molar-refractivity contribution in [2.24, 2.45) is 0 Å². The van der Waals surface area contributed by atoms with Crippen molar-refractivity contribution < 1.29 is 125 Å². The van der Waals surface area contributed by atoms with E-state index in [1.165, 1.54) is 50.5 Å². The fraction of sp³-hybridized carbons (Fsp3) is 0.564. The molecule has 29 heteroatoms. The van der Waals surface area contributed by atoms with Crippen LogP contribution in [0.15, 0.2) is 36.4 Å². The van der Waals surface area contributed by atoms with Gasteiger partial charge in [0.2, 0.25) is 0 Å². The predicted octanol–water partition coefficient (Wildman–Crippen LogP) is -1.72. The molecule has 68 heavy (non-hydrogen) atoms. The Morgan fingerprint density at radius 1 is 0.676 bits per heavy atom. The minimum atomic E-state index is -5.94. The first-order chi connectivity index (χ1) is 30.0. The zero-order valence-corrected chi connectivity index (χ0v) is 47.2. The van der Waals surface area contributed by atoms with Gasteiger partial charge in [0.15, 0.2) is 0 Å². The van der Waals surface area contributed by atoms with Crippen LogP contribution in [0.5, 0.6) is 0 Å². The summed E-state index contributed by atoms with van der Waals surface area (Å²) in [5, 5.41) is 12.0. The van der Waals surface area contributed by atoms with E-state index in [0.717, 1.165) is 23.9 Å². The molecule has 0 aromatic heterocycles. The molecule has 0 bridgehead atoms. The summed E-state index contributed by atoms with van der Waals surface area (Å²) in [5.41, 5.74) is -4.49. The number of halogens is 11. The van der Waals surface area contributed by atoms with Gasteiger partial charge in [-0.1, -0.05) is 58.5 Å². The van der Waals surface area contributed by atoms with Gasteiger partial charge in [0.05, 0.1) is 43.9 Å². The second-order valence-corrected chi connectivity index (χ2v) is 21.2. The van der Waals surface area contributed by atoms with Crippen LogP contribution in [0.4, 0.5) is 27.2 Å². The van der Waals surface area contributed by atoms with Crippen LogP contribution in [0.25, 0.3) is 0 Å². The van der Waals surface area contributed by atoms with E-state index >= 15 is 0 Å². The topological polar surface area (TPSA) is 249 Å². The molecule has 0 fully saturated rings. The number of aliphatic hydroxyl groups excluding tert-OH is 2. The zero-order chi connectivity index (χ0) is 53.1. The molecule has 0 spiro atoms. The number of likely N-dealkylation sites (N-methyl/N-ethyl adjacent to an activating group) is 4. The van der Waals surface area contributed by atoms with E-state index in [-0.39, 0.29) is 73.6 Å². The summed E-state index contributed by atoms with van der Waals surface area (Å²) in [7, 11) is 4.80. The van der Waals surface area contributed by atoms with Crippen molar-refractivity contribution in [3.8, 4) is 0 Å². The molecule has 0 aliphatic heterocycles. The minimum Gasteiger partial charge on any atom is -0.444 e. The molecule has 3 unspecified atom stereocenters. The van der Waals surface area contributed by atoms with Crippen molar-refractivity contribution >= 4 is 99.9 Å². The number of amides is 4. The second kappa shape index (κ2) is 27.6. The quantitative estimate of drug-likeness (QED) is 0.0663. The van der Waals surface area contributed by atoms with Crippen molar-refractivity contribution in [1.29, 1.82) is 0 Å². The number of rotatable bonds is 15. The summed E-state index contributed by atoms with van der Waals surface area (Å²) in [4.78, 5) is 64.9. The second-order valence-electron chi connectivity index (χ2n) is 16.5. The normalized spacial score (nSPS) is 14.1. The number of aliphatic hydroxyl groups is 2. The van der Waals surface area contributed by atoms with Gasteiger partial charge < -0.3 is 34.3 Å². The van der Waals surface area contributed by atoms with Gasteiger partial charge in [-0.3, -0.25) is 33.1 Å².